The van der Waals surface area contributed by atoms with E-state index in [-0.39, 0.29) is 41.8 Å². The van der Waals surface area contributed by atoms with Crippen molar-refractivity contribution in [1.82, 2.24) is 9.62 Å². The summed E-state index contributed by atoms with van der Waals surface area (Å²) in [6.45, 7) is 0.184. The van der Waals surface area contributed by atoms with Crippen LogP contribution in [0.5, 0.6) is 0 Å². The molecule has 1 amide bonds. The highest BCUT2D eigenvalue weighted by atomic mass is 32.2. The summed E-state index contributed by atoms with van der Waals surface area (Å²) in [6, 6.07) is 5.23. The van der Waals surface area contributed by atoms with Crippen LogP contribution in [0.3, 0.4) is 0 Å². The maximum atomic E-state index is 12.1. The lowest BCUT2D eigenvalue weighted by molar-refractivity contribution is -0.134. The molecule has 1 aliphatic rings. The number of amides is 1. The normalized spacial score (nSPS) is 15.1. The third-order valence-electron chi connectivity index (χ3n) is 3.88. The van der Waals surface area contributed by atoms with Crippen molar-refractivity contribution in [3.63, 3.8) is 0 Å². The molecule has 0 saturated carbocycles. The number of methoxy groups -OCH3 is 1. The van der Waals surface area contributed by atoms with E-state index < -0.39 is 22.0 Å². The monoisotopic (exact) mass is 452 g/mol. The Morgan fingerprint density at radius 1 is 1.33 bits per heavy atom. The summed E-state index contributed by atoms with van der Waals surface area (Å²) in [5.74, 6) is 1.09. The second kappa shape index (κ2) is 10.8. The first kappa shape index (κ1) is 23.5. The molecule has 9 nitrogen and oxygen atoms in total. The number of carbonyl (C=O) groups excluding carboxylic acids is 3. The largest absolute Gasteiger partial charge is 0.466 e. The standard InChI is InChI=1S/C19H20N2O7S2/c1-3-9-20-30(25,26)15-7-5-14(6-8-15)19(24)28-11-4-10-21-16(22)13-29-17(21)12-18(23)27-2/h1,5-8,12,20H,4,9-11,13H2,2H3/b17-12+. The maximum Gasteiger partial charge on any atom is 0.338 e. The molecule has 1 heterocycles. The van der Waals surface area contributed by atoms with Crippen molar-refractivity contribution in [2.75, 3.05) is 32.6 Å². The van der Waals surface area contributed by atoms with Crippen LogP contribution in [0, 0.1) is 12.3 Å². The number of nitrogens with zero attached hydrogens (tertiary/aromatic N) is 1. The van der Waals surface area contributed by atoms with Gasteiger partial charge in [0.05, 0.1) is 47.6 Å². The van der Waals surface area contributed by atoms with Gasteiger partial charge in [0.2, 0.25) is 15.9 Å². The van der Waals surface area contributed by atoms with Crippen molar-refractivity contribution < 1.29 is 32.3 Å². The molecule has 160 valence electrons. The molecule has 11 heteroatoms. The summed E-state index contributed by atoms with van der Waals surface area (Å²) in [7, 11) is -2.49. The second-order valence-corrected chi connectivity index (χ2v) is 8.64. The van der Waals surface area contributed by atoms with Crippen LogP contribution in [0.2, 0.25) is 0 Å². The van der Waals surface area contributed by atoms with Crippen LogP contribution < -0.4 is 4.72 Å². The molecule has 0 aromatic heterocycles. The number of sulfonamides is 1. The van der Waals surface area contributed by atoms with E-state index in [9.17, 15) is 22.8 Å². The minimum atomic E-state index is -3.74. The Balaban J connectivity index is 1.86. The average Bonchev–Trinajstić information content (AvgIpc) is 3.08. The van der Waals surface area contributed by atoms with E-state index in [2.05, 4.69) is 15.4 Å². The van der Waals surface area contributed by atoms with Crippen molar-refractivity contribution in [1.29, 1.82) is 0 Å². The molecule has 0 radical (unpaired) electrons. The number of rotatable bonds is 9. The number of hydrogen-bond donors (Lipinski definition) is 1. The molecule has 1 aromatic carbocycles. The molecule has 1 saturated heterocycles. The van der Waals surface area contributed by atoms with Crippen LogP contribution >= 0.6 is 11.8 Å². The van der Waals surface area contributed by atoms with Crippen LogP contribution in [-0.2, 0) is 29.1 Å². The van der Waals surface area contributed by atoms with Gasteiger partial charge in [0.1, 0.15) is 0 Å². The molecule has 0 atom stereocenters. The third kappa shape index (κ3) is 6.35. The number of benzene rings is 1. The Hall–Kier alpha value is -2.81. The Morgan fingerprint density at radius 2 is 2.03 bits per heavy atom. The van der Waals surface area contributed by atoms with Gasteiger partial charge in [0.25, 0.3) is 0 Å². The molecular weight excluding hydrogens is 432 g/mol. The van der Waals surface area contributed by atoms with Gasteiger partial charge in [-0.05, 0) is 30.7 Å². The molecule has 2 rings (SSSR count). The fraction of sp³-hybridized carbons (Fsp3) is 0.316. The number of carbonyl (C=O) groups is 3. The molecule has 0 bridgehead atoms. The van der Waals surface area contributed by atoms with E-state index in [0.717, 1.165) is 0 Å². The van der Waals surface area contributed by atoms with E-state index in [0.29, 0.717) is 11.4 Å². The van der Waals surface area contributed by atoms with Gasteiger partial charge in [-0.15, -0.1) is 6.42 Å². The van der Waals surface area contributed by atoms with Crippen molar-refractivity contribution in [3.05, 3.63) is 40.9 Å². The van der Waals surface area contributed by atoms with Crippen molar-refractivity contribution in [3.8, 4) is 12.3 Å². The lowest BCUT2D eigenvalue weighted by Crippen LogP contribution is -2.27. The molecule has 1 fully saturated rings. The minimum absolute atomic E-state index is 0.0238. The average molecular weight is 453 g/mol. The molecule has 30 heavy (non-hydrogen) atoms. The lowest BCUT2D eigenvalue weighted by atomic mass is 10.2. The molecule has 1 aliphatic heterocycles. The predicted molar refractivity (Wildman–Crippen MR) is 110 cm³/mol. The zero-order chi connectivity index (χ0) is 22.1. The second-order valence-electron chi connectivity index (χ2n) is 5.88. The molecule has 1 aromatic rings. The number of terminal acetylenes is 1. The molecule has 0 spiro atoms. The Labute approximate surface area is 178 Å². The number of esters is 2. The van der Waals surface area contributed by atoms with Crippen LogP contribution in [0.1, 0.15) is 16.8 Å². The van der Waals surface area contributed by atoms with Gasteiger partial charge in [-0.3, -0.25) is 4.79 Å². The van der Waals surface area contributed by atoms with Gasteiger partial charge < -0.3 is 14.4 Å². The minimum Gasteiger partial charge on any atom is -0.466 e. The van der Waals surface area contributed by atoms with E-state index in [1.54, 1.807) is 0 Å². The highest BCUT2D eigenvalue weighted by Gasteiger charge is 2.27. The van der Waals surface area contributed by atoms with Gasteiger partial charge in [0, 0.05) is 6.54 Å². The first-order chi connectivity index (χ1) is 14.3. The number of ether oxygens (including phenoxy) is 2. The summed E-state index contributed by atoms with van der Waals surface area (Å²) in [5, 5.41) is 0.494. The summed E-state index contributed by atoms with van der Waals surface area (Å²) < 4.78 is 35.9. The number of hydrogen-bond acceptors (Lipinski definition) is 8. The van der Waals surface area contributed by atoms with Crippen LogP contribution in [-0.4, -0.2) is 63.7 Å². The fourth-order valence-electron chi connectivity index (χ4n) is 2.39. The van der Waals surface area contributed by atoms with E-state index in [1.807, 2.05) is 0 Å². The molecule has 0 unspecified atom stereocenters. The van der Waals surface area contributed by atoms with E-state index in [4.69, 9.17) is 11.2 Å². The van der Waals surface area contributed by atoms with E-state index in [1.165, 1.54) is 54.1 Å². The van der Waals surface area contributed by atoms with E-state index >= 15 is 0 Å². The summed E-state index contributed by atoms with van der Waals surface area (Å²) >= 11 is 1.24. The van der Waals surface area contributed by atoms with Crippen LogP contribution in [0.4, 0.5) is 0 Å². The smallest absolute Gasteiger partial charge is 0.338 e. The molecule has 0 aliphatic carbocycles. The quantitative estimate of drug-likeness (QED) is 0.252. The van der Waals surface area contributed by atoms with Gasteiger partial charge >= 0.3 is 11.9 Å². The van der Waals surface area contributed by atoms with Gasteiger partial charge in [-0.25, -0.2) is 18.0 Å². The maximum absolute atomic E-state index is 12.1. The first-order valence-electron chi connectivity index (χ1n) is 8.71. The topological polar surface area (TPSA) is 119 Å². The number of nitrogens with one attached hydrogen (secondary N) is 1. The first-order valence-corrected chi connectivity index (χ1v) is 11.2. The Bertz CT molecular complexity index is 979. The highest BCUT2D eigenvalue weighted by Crippen LogP contribution is 2.28. The van der Waals surface area contributed by atoms with Crippen molar-refractivity contribution in [2.45, 2.75) is 11.3 Å². The molecular formula is C19H20N2O7S2. The zero-order valence-electron chi connectivity index (χ0n) is 16.1. The van der Waals surface area contributed by atoms with Gasteiger partial charge in [-0.1, -0.05) is 17.7 Å². The molecule has 1 N–H and O–H groups in total. The summed E-state index contributed by atoms with van der Waals surface area (Å²) in [6.07, 6.45) is 6.64. The lowest BCUT2D eigenvalue weighted by Gasteiger charge is -2.16. The highest BCUT2D eigenvalue weighted by molar-refractivity contribution is 8.04. The predicted octanol–water partition coefficient (Wildman–Crippen LogP) is 0.735. The Kier molecular flexibility index (Phi) is 8.46. The van der Waals surface area contributed by atoms with Gasteiger partial charge in [-0.2, -0.15) is 4.72 Å². The third-order valence-corrected chi connectivity index (χ3v) is 6.32. The summed E-state index contributed by atoms with van der Waals surface area (Å²) in [4.78, 5) is 36.8. The Morgan fingerprint density at radius 3 is 2.67 bits per heavy atom. The zero-order valence-corrected chi connectivity index (χ0v) is 17.8. The number of thioether (sulfide) groups is 1. The van der Waals surface area contributed by atoms with Crippen molar-refractivity contribution >= 4 is 39.6 Å². The van der Waals surface area contributed by atoms with Gasteiger partial charge in [0.15, 0.2) is 0 Å². The summed E-state index contributed by atoms with van der Waals surface area (Å²) in [5.41, 5.74) is 0.185. The van der Waals surface area contributed by atoms with Crippen molar-refractivity contribution in [2.24, 2.45) is 0 Å². The SMILES string of the molecule is C#CCNS(=O)(=O)c1ccc(C(=O)OCCCN2C(=O)CS/C2=C/C(=O)OC)cc1. The van der Waals surface area contributed by atoms with Crippen LogP contribution in [0.25, 0.3) is 0 Å². The fourth-order valence-corrected chi connectivity index (χ4v) is 4.28. The van der Waals surface area contributed by atoms with Crippen LogP contribution in [0.15, 0.2) is 40.3 Å².